The van der Waals surface area contributed by atoms with Gasteiger partial charge >= 0.3 is 0 Å². The zero-order valence-electron chi connectivity index (χ0n) is 17.0. The van der Waals surface area contributed by atoms with Crippen molar-refractivity contribution in [2.45, 2.75) is 13.3 Å². The standard InChI is InChI=1S/C25H21N3OS2/c1-17-11-12-20(30-17)15-23-24(29)28(25(31-23)27-19-7-3-2-4-8-19)14-13-18-16-26-22-10-6-5-9-21(18)22/h2-12,15-16,26H,13-14H2,1H3/b23-15+,27-25?. The summed E-state index contributed by atoms with van der Waals surface area (Å²) in [5.41, 5.74) is 3.17. The van der Waals surface area contributed by atoms with Crippen LogP contribution < -0.4 is 0 Å². The number of hydrogen-bond donors (Lipinski definition) is 1. The summed E-state index contributed by atoms with van der Waals surface area (Å²) in [5.74, 6) is 0.0191. The van der Waals surface area contributed by atoms with E-state index in [9.17, 15) is 4.79 Å². The third-order valence-electron chi connectivity index (χ3n) is 5.18. The number of thiophene rings is 1. The molecule has 1 fully saturated rings. The normalized spacial score (nSPS) is 16.8. The van der Waals surface area contributed by atoms with Gasteiger partial charge in [-0.3, -0.25) is 9.69 Å². The van der Waals surface area contributed by atoms with Crippen LogP contribution in [0.3, 0.4) is 0 Å². The summed E-state index contributed by atoms with van der Waals surface area (Å²) in [6, 6.07) is 22.2. The summed E-state index contributed by atoms with van der Waals surface area (Å²) in [4.78, 5) is 26.3. The van der Waals surface area contributed by atoms with Crippen molar-refractivity contribution < 1.29 is 4.79 Å². The van der Waals surface area contributed by atoms with Crippen molar-refractivity contribution >= 4 is 56.8 Å². The van der Waals surface area contributed by atoms with Gasteiger partial charge in [-0.1, -0.05) is 36.4 Å². The maximum absolute atomic E-state index is 13.3. The molecule has 0 bridgehead atoms. The number of aryl methyl sites for hydroxylation is 1. The highest BCUT2D eigenvalue weighted by atomic mass is 32.2. The lowest BCUT2D eigenvalue weighted by Crippen LogP contribution is -2.31. The maximum atomic E-state index is 13.3. The summed E-state index contributed by atoms with van der Waals surface area (Å²) >= 11 is 3.14. The van der Waals surface area contributed by atoms with Crippen LogP contribution in [-0.2, 0) is 11.2 Å². The van der Waals surface area contributed by atoms with Gasteiger partial charge in [0.05, 0.1) is 10.6 Å². The van der Waals surface area contributed by atoms with E-state index in [1.54, 1.807) is 11.3 Å². The highest BCUT2D eigenvalue weighted by Gasteiger charge is 2.33. The third kappa shape index (κ3) is 4.22. The predicted octanol–water partition coefficient (Wildman–Crippen LogP) is 6.38. The van der Waals surface area contributed by atoms with Crippen molar-refractivity contribution in [3.63, 3.8) is 0 Å². The number of amides is 1. The topological polar surface area (TPSA) is 48.5 Å². The SMILES string of the molecule is Cc1ccc(/C=C2/SC(=Nc3ccccc3)N(CCc3c[nH]c4ccccc34)C2=O)s1. The zero-order chi connectivity index (χ0) is 21.2. The molecule has 4 aromatic rings. The minimum absolute atomic E-state index is 0.0191. The molecule has 3 heterocycles. The van der Waals surface area contributed by atoms with Crippen LogP contribution in [0.5, 0.6) is 0 Å². The fourth-order valence-corrected chi connectivity index (χ4v) is 5.54. The Balaban J connectivity index is 1.45. The molecular formula is C25H21N3OS2. The molecule has 0 spiro atoms. The number of fused-ring (bicyclic) bond motifs is 1. The number of amidine groups is 1. The Kier molecular flexibility index (Phi) is 5.49. The molecule has 0 aliphatic carbocycles. The molecule has 1 aliphatic heterocycles. The number of thioether (sulfide) groups is 1. The summed E-state index contributed by atoms with van der Waals surface area (Å²) in [6.45, 7) is 2.66. The Hall–Kier alpha value is -3.09. The van der Waals surface area contributed by atoms with Crippen LogP contribution >= 0.6 is 23.1 Å². The fraction of sp³-hybridized carbons (Fsp3) is 0.120. The molecular weight excluding hydrogens is 422 g/mol. The first-order valence-electron chi connectivity index (χ1n) is 10.1. The Labute approximate surface area is 189 Å². The van der Waals surface area contributed by atoms with Gasteiger partial charge in [0.15, 0.2) is 5.17 Å². The molecule has 2 aromatic heterocycles. The van der Waals surface area contributed by atoms with Crippen LogP contribution in [0.2, 0.25) is 0 Å². The quantitative estimate of drug-likeness (QED) is 0.364. The van der Waals surface area contributed by atoms with Gasteiger partial charge in [0.25, 0.3) is 5.91 Å². The maximum Gasteiger partial charge on any atom is 0.266 e. The van der Waals surface area contributed by atoms with Gasteiger partial charge in [-0.05, 0) is 67.1 Å². The van der Waals surface area contributed by atoms with Crippen molar-refractivity contribution in [3.05, 3.63) is 93.1 Å². The van der Waals surface area contributed by atoms with Crippen molar-refractivity contribution in [3.8, 4) is 0 Å². The number of aliphatic imine (C=N–C) groups is 1. The van der Waals surface area contributed by atoms with Crippen molar-refractivity contribution in [2.75, 3.05) is 6.54 Å². The minimum atomic E-state index is 0.0191. The second kappa shape index (κ2) is 8.57. The van der Waals surface area contributed by atoms with Gasteiger partial charge < -0.3 is 4.98 Å². The fourth-order valence-electron chi connectivity index (χ4n) is 3.63. The Morgan fingerprint density at radius 2 is 1.84 bits per heavy atom. The molecule has 2 aromatic carbocycles. The van der Waals surface area contributed by atoms with Crippen LogP contribution in [0.15, 0.2) is 82.8 Å². The molecule has 6 heteroatoms. The van der Waals surface area contributed by atoms with Crippen LogP contribution in [0.25, 0.3) is 17.0 Å². The molecule has 1 N–H and O–H groups in total. The second-order valence-electron chi connectivity index (χ2n) is 7.36. The number of aromatic nitrogens is 1. The number of rotatable bonds is 5. The third-order valence-corrected chi connectivity index (χ3v) is 7.14. The highest BCUT2D eigenvalue weighted by molar-refractivity contribution is 8.18. The van der Waals surface area contributed by atoms with Gasteiger partial charge in [-0.25, -0.2) is 4.99 Å². The predicted molar refractivity (Wildman–Crippen MR) is 132 cm³/mol. The molecule has 0 saturated carbocycles. The van der Waals surface area contributed by atoms with Gasteiger partial charge in [-0.2, -0.15) is 0 Å². The average molecular weight is 444 g/mol. The van der Waals surface area contributed by atoms with Gasteiger partial charge in [-0.15, -0.1) is 11.3 Å². The summed E-state index contributed by atoms with van der Waals surface area (Å²) in [5, 5.41) is 1.93. The van der Waals surface area contributed by atoms with E-state index in [0.717, 1.165) is 32.6 Å². The van der Waals surface area contributed by atoms with Gasteiger partial charge in [0, 0.05) is 33.4 Å². The number of nitrogens with one attached hydrogen (secondary N) is 1. The number of aromatic amines is 1. The van der Waals surface area contributed by atoms with Crippen molar-refractivity contribution in [1.29, 1.82) is 0 Å². The van der Waals surface area contributed by atoms with Crippen LogP contribution in [0.4, 0.5) is 5.69 Å². The molecule has 0 atom stereocenters. The van der Waals surface area contributed by atoms with Crippen molar-refractivity contribution in [2.24, 2.45) is 4.99 Å². The van der Waals surface area contributed by atoms with E-state index in [0.29, 0.717) is 6.54 Å². The molecule has 0 radical (unpaired) electrons. The van der Waals surface area contributed by atoms with E-state index in [4.69, 9.17) is 4.99 Å². The first-order valence-corrected chi connectivity index (χ1v) is 11.8. The lowest BCUT2D eigenvalue weighted by atomic mass is 10.1. The first-order chi connectivity index (χ1) is 15.2. The summed E-state index contributed by atoms with van der Waals surface area (Å²) < 4.78 is 0. The van der Waals surface area contributed by atoms with E-state index in [-0.39, 0.29) is 5.91 Å². The molecule has 31 heavy (non-hydrogen) atoms. The summed E-state index contributed by atoms with van der Waals surface area (Å²) in [6.07, 6.45) is 4.78. The zero-order valence-corrected chi connectivity index (χ0v) is 18.7. The van der Waals surface area contributed by atoms with Crippen LogP contribution in [0, 0.1) is 6.92 Å². The monoisotopic (exact) mass is 443 g/mol. The number of benzene rings is 2. The van der Waals surface area contributed by atoms with Gasteiger partial charge in [0.1, 0.15) is 0 Å². The molecule has 154 valence electrons. The Morgan fingerprint density at radius 3 is 2.65 bits per heavy atom. The van der Waals surface area contributed by atoms with Crippen LogP contribution in [-0.4, -0.2) is 27.5 Å². The molecule has 1 saturated heterocycles. The van der Waals surface area contributed by atoms with Crippen molar-refractivity contribution in [1.82, 2.24) is 9.88 Å². The second-order valence-corrected chi connectivity index (χ2v) is 9.68. The molecule has 0 unspecified atom stereocenters. The highest BCUT2D eigenvalue weighted by Crippen LogP contribution is 2.35. The number of nitrogens with zero attached hydrogens (tertiary/aromatic N) is 2. The molecule has 1 aliphatic rings. The number of carbonyl (C=O) groups is 1. The van der Waals surface area contributed by atoms with E-state index in [1.165, 1.54) is 27.6 Å². The first kappa shape index (κ1) is 19.8. The van der Waals surface area contributed by atoms with E-state index >= 15 is 0 Å². The van der Waals surface area contributed by atoms with E-state index < -0.39 is 0 Å². The smallest absolute Gasteiger partial charge is 0.266 e. The minimum Gasteiger partial charge on any atom is -0.361 e. The van der Waals surface area contributed by atoms with Crippen LogP contribution in [0.1, 0.15) is 15.3 Å². The largest absolute Gasteiger partial charge is 0.361 e. The number of H-pyrrole nitrogens is 1. The molecule has 4 nitrogen and oxygen atoms in total. The number of hydrogen-bond acceptors (Lipinski definition) is 4. The number of carbonyl (C=O) groups excluding carboxylic acids is 1. The number of para-hydroxylation sites is 2. The Bertz CT molecular complexity index is 1300. The lowest BCUT2D eigenvalue weighted by molar-refractivity contribution is -0.122. The molecule has 1 amide bonds. The molecule has 5 rings (SSSR count). The van der Waals surface area contributed by atoms with Gasteiger partial charge in [0.2, 0.25) is 0 Å². The Morgan fingerprint density at radius 1 is 1.03 bits per heavy atom. The lowest BCUT2D eigenvalue weighted by Gasteiger charge is -2.15. The average Bonchev–Trinajstić information content (AvgIpc) is 3.46. The summed E-state index contributed by atoms with van der Waals surface area (Å²) in [7, 11) is 0. The van der Waals surface area contributed by atoms with E-state index in [2.05, 4.69) is 36.2 Å². The van der Waals surface area contributed by atoms with E-state index in [1.807, 2.05) is 59.6 Å².